The van der Waals surface area contributed by atoms with Gasteiger partial charge >= 0.3 is 0 Å². The van der Waals surface area contributed by atoms with Crippen LogP contribution in [0.2, 0.25) is 5.02 Å². The molecule has 0 spiro atoms. The molecular formula is C16H24ClN3. The van der Waals surface area contributed by atoms with Crippen LogP contribution in [0.1, 0.15) is 32.3 Å². The lowest BCUT2D eigenvalue weighted by Gasteiger charge is -2.42. The van der Waals surface area contributed by atoms with E-state index in [1.54, 1.807) is 6.20 Å². The average Bonchev–Trinajstić information content (AvgIpc) is 3.25. The van der Waals surface area contributed by atoms with Crippen molar-refractivity contribution in [1.29, 1.82) is 0 Å². The summed E-state index contributed by atoms with van der Waals surface area (Å²) in [7, 11) is 0. The molecule has 1 N–H and O–H groups in total. The molecule has 1 aliphatic heterocycles. The molecule has 0 aromatic carbocycles. The maximum Gasteiger partial charge on any atom is 0.0634 e. The zero-order valence-corrected chi connectivity index (χ0v) is 13.1. The van der Waals surface area contributed by atoms with Gasteiger partial charge in [-0.3, -0.25) is 9.88 Å². The number of hydrogen-bond donors (Lipinski definition) is 1. The van der Waals surface area contributed by atoms with Gasteiger partial charge in [0.05, 0.1) is 5.02 Å². The van der Waals surface area contributed by atoms with Gasteiger partial charge in [0.2, 0.25) is 0 Å². The summed E-state index contributed by atoms with van der Waals surface area (Å²) >= 11 is 6.28. The zero-order chi connectivity index (χ0) is 14.1. The Morgan fingerprint density at radius 2 is 2.25 bits per heavy atom. The monoisotopic (exact) mass is 293 g/mol. The van der Waals surface area contributed by atoms with Crippen molar-refractivity contribution in [3.8, 4) is 0 Å². The Balaban J connectivity index is 1.73. The van der Waals surface area contributed by atoms with E-state index in [1.807, 2.05) is 12.3 Å². The van der Waals surface area contributed by atoms with Crippen LogP contribution in [0.3, 0.4) is 0 Å². The van der Waals surface area contributed by atoms with E-state index >= 15 is 0 Å². The SMILES string of the molecule is CC(C)C1CNC(C2CC2)CN1Cc1ccncc1Cl. The number of hydrogen-bond acceptors (Lipinski definition) is 3. The topological polar surface area (TPSA) is 28.2 Å². The quantitative estimate of drug-likeness (QED) is 0.925. The van der Waals surface area contributed by atoms with Gasteiger partial charge < -0.3 is 5.32 Å². The molecule has 2 heterocycles. The highest BCUT2D eigenvalue weighted by molar-refractivity contribution is 6.31. The first-order chi connectivity index (χ1) is 9.65. The average molecular weight is 294 g/mol. The highest BCUT2D eigenvalue weighted by atomic mass is 35.5. The number of pyridine rings is 1. The summed E-state index contributed by atoms with van der Waals surface area (Å²) in [6.45, 7) is 7.80. The van der Waals surface area contributed by atoms with Gasteiger partial charge in [-0.25, -0.2) is 0 Å². The molecule has 1 aromatic rings. The second-order valence-corrected chi connectivity index (χ2v) is 6.97. The van der Waals surface area contributed by atoms with Gasteiger partial charge in [0.25, 0.3) is 0 Å². The molecule has 3 nitrogen and oxygen atoms in total. The van der Waals surface area contributed by atoms with Gasteiger partial charge in [0, 0.05) is 44.1 Å². The second kappa shape index (κ2) is 6.00. The number of nitrogens with zero attached hydrogens (tertiary/aromatic N) is 2. The van der Waals surface area contributed by atoms with Crippen molar-refractivity contribution >= 4 is 11.6 Å². The van der Waals surface area contributed by atoms with Crippen molar-refractivity contribution < 1.29 is 0 Å². The van der Waals surface area contributed by atoms with Crippen LogP contribution in [0.4, 0.5) is 0 Å². The number of rotatable bonds is 4. The fourth-order valence-electron chi connectivity index (χ4n) is 3.26. The van der Waals surface area contributed by atoms with Crippen molar-refractivity contribution in [3.05, 3.63) is 29.0 Å². The number of nitrogens with one attached hydrogen (secondary N) is 1. The predicted molar refractivity (Wildman–Crippen MR) is 82.8 cm³/mol. The summed E-state index contributed by atoms with van der Waals surface area (Å²) in [5, 5.41) is 4.54. The zero-order valence-electron chi connectivity index (χ0n) is 12.3. The lowest BCUT2D eigenvalue weighted by atomic mass is 9.96. The fraction of sp³-hybridized carbons (Fsp3) is 0.688. The van der Waals surface area contributed by atoms with Crippen molar-refractivity contribution in [2.24, 2.45) is 11.8 Å². The van der Waals surface area contributed by atoms with Crippen molar-refractivity contribution in [3.63, 3.8) is 0 Å². The van der Waals surface area contributed by atoms with E-state index in [4.69, 9.17) is 11.6 Å². The minimum Gasteiger partial charge on any atom is -0.311 e. The van der Waals surface area contributed by atoms with E-state index in [2.05, 4.69) is 29.0 Å². The molecule has 4 heteroatoms. The van der Waals surface area contributed by atoms with Crippen LogP contribution in [0.25, 0.3) is 0 Å². The van der Waals surface area contributed by atoms with E-state index in [-0.39, 0.29) is 0 Å². The molecule has 1 saturated heterocycles. The minimum atomic E-state index is 0.592. The van der Waals surface area contributed by atoms with E-state index in [1.165, 1.54) is 18.4 Å². The molecule has 0 radical (unpaired) electrons. The van der Waals surface area contributed by atoms with Crippen LogP contribution >= 0.6 is 11.6 Å². The molecule has 2 fully saturated rings. The molecule has 1 aliphatic carbocycles. The van der Waals surface area contributed by atoms with Crippen LogP contribution in [0.15, 0.2) is 18.5 Å². The number of halogens is 1. The Kier molecular flexibility index (Phi) is 4.29. The van der Waals surface area contributed by atoms with Gasteiger partial charge in [-0.05, 0) is 36.3 Å². The van der Waals surface area contributed by atoms with Gasteiger partial charge in [-0.1, -0.05) is 25.4 Å². The molecule has 3 rings (SSSR count). The Hall–Kier alpha value is -0.640. The fourth-order valence-corrected chi connectivity index (χ4v) is 3.44. The van der Waals surface area contributed by atoms with Crippen molar-refractivity contribution in [2.75, 3.05) is 13.1 Å². The smallest absolute Gasteiger partial charge is 0.0634 e. The standard InChI is InChI=1S/C16H24ClN3/c1-11(2)16-8-19-15(12-3-4-12)10-20(16)9-13-5-6-18-7-14(13)17/h5-7,11-12,15-16,19H,3-4,8-10H2,1-2H3. The molecule has 2 unspecified atom stereocenters. The first kappa shape index (κ1) is 14.3. The molecule has 2 atom stereocenters. The number of aromatic nitrogens is 1. The molecule has 1 saturated carbocycles. The maximum absolute atomic E-state index is 6.28. The lowest BCUT2D eigenvalue weighted by molar-refractivity contribution is 0.0852. The molecule has 2 aliphatic rings. The summed E-state index contributed by atoms with van der Waals surface area (Å²) in [6, 6.07) is 3.31. The third kappa shape index (κ3) is 3.16. The lowest BCUT2D eigenvalue weighted by Crippen LogP contribution is -2.58. The number of piperazine rings is 1. The Bertz CT molecular complexity index is 459. The van der Waals surface area contributed by atoms with E-state index in [0.717, 1.165) is 30.6 Å². The van der Waals surface area contributed by atoms with Gasteiger partial charge in [0.1, 0.15) is 0 Å². The predicted octanol–water partition coefficient (Wildman–Crippen LogP) is 2.94. The third-order valence-electron chi connectivity index (χ3n) is 4.68. The molecule has 20 heavy (non-hydrogen) atoms. The maximum atomic E-state index is 6.28. The Labute approximate surface area is 126 Å². The van der Waals surface area contributed by atoms with E-state index in [0.29, 0.717) is 18.0 Å². The first-order valence-electron chi connectivity index (χ1n) is 7.71. The Morgan fingerprint density at radius 1 is 1.45 bits per heavy atom. The normalized spacial score (nSPS) is 28.0. The van der Waals surface area contributed by atoms with Gasteiger partial charge in [-0.2, -0.15) is 0 Å². The summed E-state index contributed by atoms with van der Waals surface area (Å²) in [4.78, 5) is 6.70. The minimum absolute atomic E-state index is 0.592. The van der Waals surface area contributed by atoms with E-state index in [9.17, 15) is 0 Å². The van der Waals surface area contributed by atoms with Crippen molar-refractivity contribution in [2.45, 2.75) is 45.3 Å². The van der Waals surface area contributed by atoms with Crippen LogP contribution in [0, 0.1) is 11.8 Å². The summed E-state index contributed by atoms with van der Waals surface area (Å²) < 4.78 is 0. The van der Waals surface area contributed by atoms with Gasteiger partial charge in [0.15, 0.2) is 0 Å². The highest BCUT2D eigenvalue weighted by Gasteiger charge is 2.37. The summed E-state index contributed by atoms with van der Waals surface area (Å²) in [6.07, 6.45) is 6.38. The molecule has 110 valence electrons. The van der Waals surface area contributed by atoms with Crippen molar-refractivity contribution in [1.82, 2.24) is 15.2 Å². The van der Waals surface area contributed by atoms with Crippen LogP contribution < -0.4 is 5.32 Å². The van der Waals surface area contributed by atoms with Crippen LogP contribution in [0.5, 0.6) is 0 Å². The largest absolute Gasteiger partial charge is 0.311 e. The Morgan fingerprint density at radius 3 is 2.90 bits per heavy atom. The summed E-state index contributed by atoms with van der Waals surface area (Å²) in [5.74, 6) is 1.56. The molecule has 1 aromatic heterocycles. The van der Waals surface area contributed by atoms with Gasteiger partial charge in [-0.15, -0.1) is 0 Å². The summed E-state index contributed by atoms with van der Waals surface area (Å²) in [5.41, 5.74) is 1.20. The first-order valence-corrected chi connectivity index (χ1v) is 8.08. The third-order valence-corrected chi connectivity index (χ3v) is 5.02. The second-order valence-electron chi connectivity index (χ2n) is 6.56. The molecule has 0 amide bonds. The molecular weight excluding hydrogens is 270 g/mol. The van der Waals surface area contributed by atoms with Crippen LogP contribution in [-0.4, -0.2) is 35.1 Å². The highest BCUT2D eigenvalue weighted by Crippen LogP contribution is 2.35. The molecule has 0 bridgehead atoms. The van der Waals surface area contributed by atoms with E-state index < -0.39 is 0 Å². The van der Waals surface area contributed by atoms with Crippen LogP contribution in [-0.2, 0) is 6.54 Å².